The Labute approximate surface area is 151 Å². The third-order valence-electron chi connectivity index (χ3n) is 4.99. The Morgan fingerprint density at radius 1 is 1.30 bits per heavy atom. The molecule has 0 spiro atoms. The molecule has 2 rings (SSSR count). The average molecular weight is 358 g/mol. The van der Waals surface area contributed by atoms with Crippen molar-refractivity contribution >= 4 is 23.2 Å². The first-order chi connectivity index (χ1) is 11.1. The molecular formula is C19H29Cl2NO. The van der Waals surface area contributed by atoms with Gasteiger partial charge in [-0.05, 0) is 75.4 Å². The van der Waals surface area contributed by atoms with Crippen LogP contribution in [-0.4, -0.2) is 37.5 Å². The molecule has 130 valence electrons. The molecule has 1 aromatic carbocycles. The van der Waals surface area contributed by atoms with Crippen LogP contribution < -0.4 is 4.74 Å². The van der Waals surface area contributed by atoms with Crippen LogP contribution in [0.3, 0.4) is 0 Å². The van der Waals surface area contributed by atoms with E-state index in [0.717, 1.165) is 22.8 Å². The minimum Gasteiger partial charge on any atom is -0.496 e. The van der Waals surface area contributed by atoms with E-state index in [9.17, 15) is 0 Å². The van der Waals surface area contributed by atoms with Gasteiger partial charge < -0.3 is 9.64 Å². The molecule has 23 heavy (non-hydrogen) atoms. The van der Waals surface area contributed by atoms with E-state index in [1.165, 1.54) is 56.4 Å². The summed E-state index contributed by atoms with van der Waals surface area (Å²) >= 11 is 12.4. The van der Waals surface area contributed by atoms with E-state index in [4.69, 9.17) is 27.9 Å². The molecule has 2 nitrogen and oxygen atoms in total. The van der Waals surface area contributed by atoms with Crippen LogP contribution in [-0.2, 0) is 6.42 Å². The van der Waals surface area contributed by atoms with Crippen LogP contribution in [0.5, 0.6) is 5.75 Å². The number of benzene rings is 1. The Morgan fingerprint density at radius 2 is 2.00 bits per heavy atom. The second kappa shape index (κ2) is 9.15. The van der Waals surface area contributed by atoms with E-state index >= 15 is 0 Å². The number of halogens is 2. The lowest BCUT2D eigenvalue weighted by atomic mass is 9.84. The molecule has 0 saturated carbocycles. The van der Waals surface area contributed by atoms with Gasteiger partial charge in [-0.15, -0.1) is 11.6 Å². The molecule has 1 heterocycles. The number of alkyl halides is 1. The first kappa shape index (κ1) is 18.9. The number of nitrogens with zero attached hydrogens (tertiary/aromatic N) is 1. The number of unbranched alkanes of at least 4 members (excludes halogenated alkanes) is 1. The Balaban J connectivity index is 2.22. The molecule has 0 aliphatic carbocycles. The third-order valence-corrected chi connectivity index (χ3v) is 5.57. The highest BCUT2D eigenvalue weighted by atomic mass is 35.5. The number of rotatable bonds is 7. The van der Waals surface area contributed by atoms with Gasteiger partial charge in [-0.2, -0.15) is 0 Å². The molecule has 0 amide bonds. The first-order valence-corrected chi connectivity index (χ1v) is 9.67. The summed E-state index contributed by atoms with van der Waals surface area (Å²) in [7, 11) is 1.76. The highest BCUT2D eigenvalue weighted by Gasteiger charge is 2.26. The molecule has 0 N–H and O–H groups in total. The molecule has 1 fully saturated rings. The maximum atomic E-state index is 6.49. The number of aryl methyl sites for hydroxylation is 1. The van der Waals surface area contributed by atoms with E-state index in [2.05, 4.69) is 18.7 Å². The zero-order valence-corrected chi connectivity index (χ0v) is 16.1. The Hall–Kier alpha value is -0.440. The van der Waals surface area contributed by atoms with Gasteiger partial charge in [0.05, 0.1) is 7.11 Å². The normalized spacial score (nSPS) is 16.7. The maximum absolute atomic E-state index is 6.49. The van der Waals surface area contributed by atoms with Gasteiger partial charge in [-0.3, -0.25) is 0 Å². The maximum Gasteiger partial charge on any atom is 0.125 e. The standard InChI is InChI=1S/C19H29Cl2NO/c1-4-5-10-22-11-7-15(8-12-22)18-14(2)17(21)13-16(6-9-20)19(18)23-3/h13,15H,4-12H2,1-3H3. The van der Waals surface area contributed by atoms with E-state index in [0.29, 0.717) is 11.8 Å². The Kier molecular flexibility index (Phi) is 7.52. The number of hydrogen-bond acceptors (Lipinski definition) is 2. The minimum absolute atomic E-state index is 0.538. The molecule has 1 saturated heterocycles. The van der Waals surface area contributed by atoms with Crippen molar-refractivity contribution in [2.45, 2.75) is 51.9 Å². The fraction of sp³-hybridized carbons (Fsp3) is 0.684. The fourth-order valence-corrected chi connectivity index (χ4v) is 4.08. The van der Waals surface area contributed by atoms with Crippen LogP contribution in [0.25, 0.3) is 0 Å². The molecule has 4 heteroatoms. The number of methoxy groups -OCH3 is 1. The molecule has 1 aliphatic heterocycles. The second-order valence-electron chi connectivity index (χ2n) is 6.50. The topological polar surface area (TPSA) is 12.5 Å². The molecule has 1 aromatic rings. The predicted octanol–water partition coefficient (Wildman–Crippen LogP) is 5.42. The number of piperidine rings is 1. The van der Waals surface area contributed by atoms with Gasteiger partial charge in [0.25, 0.3) is 0 Å². The van der Waals surface area contributed by atoms with Crippen LogP contribution >= 0.6 is 23.2 Å². The molecule has 0 unspecified atom stereocenters. The monoisotopic (exact) mass is 357 g/mol. The summed E-state index contributed by atoms with van der Waals surface area (Å²) < 4.78 is 5.78. The SMILES string of the molecule is CCCCN1CCC(c2c(C)c(Cl)cc(CCCl)c2OC)CC1. The van der Waals surface area contributed by atoms with E-state index in [-0.39, 0.29) is 0 Å². The zero-order valence-electron chi connectivity index (χ0n) is 14.6. The van der Waals surface area contributed by atoms with Crippen molar-refractivity contribution in [3.63, 3.8) is 0 Å². The Bertz CT molecular complexity index is 511. The van der Waals surface area contributed by atoms with E-state index in [1.54, 1.807) is 7.11 Å². The minimum atomic E-state index is 0.538. The van der Waals surface area contributed by atoms with E-state index < -0.39 is 0 Å². The second-order valence-corrected chi connectivity index (χ2v) is 7.28. The van der Waals surface area contributed by atoms with Gasteiger partial charge in [-0.25, -0.2) is 0 Å². The average Bonchev–Trinajstić information content (AvgIpc) is 2.56. The molecule has 0 bridgehead atoms. The van der Waals surface area contributed by atoms with E-state index in [1.807, 2.05) is 6.07 Å². The fourth-order valence-electron chi connectivity index (χ4n) is 3.65. The molecular weight excluding hydrogens is 329 g/mol. The zero-order chi connectivity index (χ0) is 16.8. The van der Waals surface area contributed by atoms with Crippen molar-refractivity contribution in [3.05, 3.63) is 27.8 Å². The lowest BCUT2D eigenvalue weighted by Crippen LogP contribution is -2.34. The van der Waals surface area contributed by atoms with Crippen LogP contribution in [0.1, 0.15) is 55.2 Å². The molecule has 0 radical (unpaired) electrons. The lowest BCUT2D eigenvalue weighted by Gasteiger charge is -2.34. The number of hydrogen-bond donors (Lipinski definition) is 0. The highest BCUT2D eigenvalue weighted by molar-refractivity contribution is 6.31. The van der Waals surface area contributed by atoms with Crippen LogP contribution in [0.15, 0.2) is 6.07 Å². The van der Waals surface area contributed by atoms with Crippen molar-refractivity contribution in [2.24, 2.45) is 0 Å². The summed E-state index contributed by atoms with van der Waals surface area (Å²) in [5, 5.41) is 0.842. The summed E-state index contributed by atoms with van der Waals surface area (Å²) in [5.74, 6) is 2.14. The van der Waals surface area contributed by atoms with Gasteiger partial charge in [0.15, 0.2) is 0 Å². The van der Waals surface area contributed by atoms with Crippen LogP contribution in [0.2, 0.25) is 5.02 Å². The molecule has 0 atom stereocenters. The summed E-state index contributed by atoms with van der Waals surface area (Å²) in [6.07, 6.45) is 5.73. The quantitative estimate of drug-likeness (QED) is 0.604. The van der Waals surface area contributed by atoms with Crippen molar-refractivity contribution in [3.8, 4) is 5.75 Å². The summed E-state index contributed by atoms with van der Waals surface area (Å²) in [6.45, 7) is 7.95. The van der Waals surface area contributed by atoms with Crippen molar-refractivity contribution in [2.75, 3.05) is 32.6 Å². The summed E-state index contributed by atoms with van der Waals surface area (Å²) in [4.78, 5) is 2.59. The van der Waals surface area contributed by atoms with Gasteiger partial charge in [0, 0.05) is 16.5 Å². The molecule has 1 aliphatic rings. The molecule has 0 aromatic heterocycles. The lowest BCUT2D eigenvalue weighted by molar-refractivity contribution is 0.208. The third kappa shape index (κ3) is 4.55. The number of likely N-dealkylation sites (tertiary alicyclic amines) is 1. The van der Waals surface area contributed by atoms with Crippen molar-refractivity contribution in [1.29, 1.82) is 0 Å². The van der Waals surface area contributed by atoms with Crippen molar-refractivity contribution in [1.82, 2.24) is 4.90 Å². The van der Waals surface area contributed by atoms with Gasteiger partial charge in [0.2, 0.25) is 0 Å². The summed E-state index contributed by atoms with van der Waals surface area (Å²) in [5.41, 5.74) is 3.63. The number of ether oxygens (including phenoxy) is 1. The van der Waals surface area contributed by atoms with Gasteiger partial charge >= 0.3 is 0 Å². The summed E-state index contributed by atoms with van der Waals surface area (Å²) in [6, 6.07) is 2.03. The highest BCUT2D eigenvalue weighted by Crippen LogP contribution is 2.41. The predicted molar refractivity (Wildman–Crippen MR) is 100 cm³/mol. The smallest absolute Gasteiger partial charge is 0.125 e. The van der Waals surface area contributed by atoms with Crippen molar-refractivity contribution < 1.29 is 4.74 Å². The first-order valence-electron chi connectivity index (χ1n) is 8.76. The largest absolute Gasteiger partial charge is 0.496 e. The van der Waals surface area contributed by atoms with Gasteiger partial charge in [-0.1, -0.05) is 24.9 Å². The van der Waals surface area contributed by atoms with Crippen LogP contribution in [0, 0.1) is 6.92 Å². The van der Waals surface area contributed by atoms with Crippen LogP contribution in [0.4, 0.5) is 0 Å². The Morgan fingerprint density at radius 3 is 2.57 bits per heavy atom. The van der Waals surface area contributed by atoms with Gasteiger partial charge in [0.1, 0.15) is 5.75 Å².